The van der Waals surface area contributed by atoms with Gasteiger partial charge < -0.3 is 0 Å². The first kappa shape index (κ1) is 19.0. The molecule has 0 aromatic heterocycles. The highest BCUT2D eigenvalue weighted by Crippen LogP contribution is 2.47. The Morgan fingerprint density at radius 2 is 1.45 bits per heavy atom. The van der Waals surface area contributed by atoms with Gasteiger partial charge in [0.05, 0.1) is 22.3 Å². The summed E-state index contributed by atoms with van der Waals surface area (Å²) in [7, 11) is 0. The molecule has 2 aliphatic heterocycles. The molecule has 0 aliphatic carbocycles. The second-order valence-electron chi connectivity index (χ2n) is 7.36. The molecule has 0 unspecified atom stereocenters. The fraction of sp³-hybridized carbons (Fsp3) is 0.130. The third-order valence-corrected chi connectivity index (χ3v) is 5.56. The number of amides is 2. The van der Waals surface area contributed by atoms with E-state index in [4.69, 9.17) is 4.84 Å². The lowest BCUT2D eigenvalue weighted by atomic mass is 9.90. The Labute approximate surface area is 177 Å². The van der Waals surface area contributed by atoms with Gasteiger partial charge in [-0.3, -0.25) is 24.5 Å². The second kappa shape index (κ2) is 7.33. The summed E-state index contributed by atoms with van der Waals surface area (Å²) in [6.45, 7) is 0. The van der Waals surface area contributed by atoms with E-state index in [1.54, 1.807) is 54.6 Å². The lowest BCUT2D eigenvalue weighted by Crippen LogP contribution is -2.37. The molecule has 3 aromatic rings. The number of carbonyl (C=O) groups excluding carboxylic acids is 2. The van der Waals surface area contributed by atoms with Crippen molar-refractivity contribution in [3.05, 3.63) is 101 Å². The Balaban J connectivity index is 1.61. The van der Waals surface area contributed by atoms with Gasteiger partial charge in [-0.25, -0.2) is 9.96 Å². The molecule has 2 fully saturated rings. The molecular weight excluding hydrogens is 398 g/mol. The highest BCUT2D eigenvalue weighted by molar-refractivity contribution is 6.23. The van der Waals surface area contributed by atoms with Crippen LogP contribution >= 0.6 is 0 Å². The summed E-state index contributed by atoms with van der Waals surface area (Å²) >= 11 is 0. The summed E-state index contributed by atoms with van der Waals surface area (Å²) < 4.78 is 0. The highest BCUT2D eigenvalue weighted by atomic mass is 16.7. The van der Waals surface area contributed by atoms with E-state index in [0.29, 0.717) is 16.9 Å². The monoisotopic (exact) mass is 415 g/mol. The molecule has 0 radical (unpaired) electrons. The fourth-order valence-corrected chi connectivity index (χ4v) is 4.21. The summed E-state index contributed by atoms with van der Waals surface area (Å²) in [5.41, 5.74) is 1.56. The van der Waals surface area contributed by atoms with Gasteiger partial charge in [-0.05, 0) is 29.8 Å². The number of nitro groups is 1. The molecule has 2 amide bonds. The van der Waals surface area contributed by atoms with Crippen molar-refractivity contribution in [3.63, 3.8) is 0 Å². The molecule has 154 valence electrons. The Morgan fingerprint density at radius 3 is 2.10 bits per heavy atom. The SMILES string of the molecule is O=C1[C@@H]2[C@H](ON(c3ccccc3)[C@H]2c2cccc([N+](=O)[O-])c2)C(=O)N1c1ccccc1. The van der Waals surface area contributed by atoms with Gasteiger partial charge in [0.15, 0.2) is 6.10 Å². The molecule has 3 aromatic carbocycles. The van der Waals surface area contributed by atoms with E-state index in [-0.39, 0.29) is 5.69 Å². The van der Waals surface area contributed by atoms with Crippen molar-refractivity contribution in [2.45, 2.75) is 12.1 Å². The highest BCUT2D eigenvalue weighted by Gasteiger charge is 2.60. The number of nitro benzene ring substituents is 1. The standard InChI is InChI=1S/C23H17N3O5/c27-22-19-20(15-8-7-13-18(14-15)26(29)30)25(17-11-5-2-6-12-17)31-21(19)23(28)24(22)16-9-3-1-4-10-16/h1-14,19-21H/t19-,20-,21-/m0/s1. The molecule has 5 rings (SSSR count). The smallest absolute Gasteiger partial charge is 0.269 e. The van der Waals surface area contributed by atoms with Gasteiger partial charge in [0.2, 0.25) is 5.91 Å². The number of imide groups is 1. The minimum Gasteiger partial charge on any atom is -0.273 e. The zero-order valence-electron chi connectivity index (χ0n) is 16.2. The van der Waals surface area contributed by atoms with Crippen LogP contribution in [-0.2, 0) is 14.4 Å². The largest absolute Gasteiger partial charge is 0.273 e. The first-order chi connectivity index (χ1) is 15.1. The summed E-state index contributed by atoms with van der Waals surface area (Å²) in [6.07, 6.45) is -1.02. The van der Waals surface area contributed by atoms with Crippen LogP contribution in [0.25, 0.3) is 0 Å². The van der Waals surface area contributed by atoms with E-state index in [1.165, 1.54) is 17.2 Å². The third kappa shape index (κ3) is 3.04. The maximum absolute atomic E-state index is 13.4. The number of hydrogen-bond acceptors (Lipinski definition) is 6. The number of hydroxylamine groups is 1. The number of anilines is 2. The predicted octanol–water partition coefficient (Wildman–Crippen LogP) is 3.65. The van der Waals surface area contributed by atoms with Crippen molar-refractivity contribution in [2.24, 2.45) is 5.92 Å². The molecule has 2 saturated heterocycles. The van der Waals surface area contributed by atoms with Crippen molar-refractivity contribution in [2.75, 3.05) is 9.96 Å². The first-order valence-corrected chi connectivity index (χ1v) is 9.74. The summed E-state index contributed by atoms with van der Waals surface area (Å²) in [6, 6.07) is 23.2. The summed E-state index contributed by atoms with van der Waals surface area (Å²) in [5, 5.41) is 12.9. The average molecular weight is 415 g/mol. The van der Waals surface area contributed by atoms with Crippen LogP contribution in [-0.4, -0.2) is 22.8 Å². The number of nitrogens with zero attached hydrogens (tertiary/aromatic N) is 3. The van der Waals surface area contributed by atoms with Crippen LogP contribution in [0.1, 0.15) is 11.6 Å². The van der Waals surface area contributed by atoms with Crippen LogP contribution in [0.2, 0.25) is 0 Å². The van der Waals surface area contributed by atoms with Gasteiger partial charge in [-0.2, -0.15) is 0 Å². The van der Waals surface area contributed by atoms with Gasteiger partial charge in [0.1, 0.15) is 5.92 Å². The Morgan fingerprint density at radius 1 is 0.806 bits per heavy atom. The van der Waals surface area contributed by atoms with Crippen LogP contribution in [0.5, 0.6) is 0 Å². The molecule has 0 saturated carbocycles. The van der Waals surface area contributed by atoms with E-state index in [2.05, 4.69) is 0 Å². The van der Waals surface area contributed by atoms with Gasteiger partial charge >= 0.3 is 0 Å². The maximum atomic E-state index is 13.4. The Kier molecular flexibility index (Phi) is 4.48. The zero-order chi connectivity index (χ0) is 21.5. The lowest BCUT2D eigenvalue weighted by molar-refractivity contribution is -0.384. The molecule has 2 heterocycles. The Bertz CT molecular complexity index is 1170. The molecular formula is C23H17N3O5. The van der Waals surface area contributed by atoms with Crippen LogP contribution in [0, 0.1) is 16.0 Å². The first-order valence-electron chi connectivity index (χ1n) is 9.74. The van der Waals surface area contributed by atoms with Crippen LogP contribution in [0.3, 0.4) is 0 Å². The molecule has 0 bridgehead atoms. The lowest BCUT2D eigenvalue weighted by Gasteiger charge is -2.28. The maximum Gasteiger partial charge on any atom is 0.269 e. The number of hydrogen-bond donors (Lipinski definition) is 0. The van der Waals surface area contributed by atoms with Crippen molar-refractivity contribution < 1.29 is 19.3 Å². The molecule has 0 N–H and O–H groups in total. The average Bonchev–Trinajstić information content (AvgIpc) is 3.31. The number of non-ortho nitro benzene ring substituents is 1. The quantitative estimate of drug-likeness (QED) is 0.367. The summed E-state index contributed by atoms with van der Waals surface area (Å²) in [4.78, 5) is 44.6. The minimum atomic E-state index is -1.02. The van der Waals surface area contributed by atoms with Crippen molar-refractivity contribution in [1.29, 1.82) is 0 Å². The van der Waals surface area contributed by atoms with E-state index in [1.807, 2.05) is 18.2 Å². The van der Waals surface area contributed by atoms with E-state index < -0.39 is 34.8 Å². The number of fused-ring (bicyclic) bond motifs is 1. The third-order valence-electron chi connectivity index (χ3n) is 5.56. The number of benzene rings is 3. The molecule has 8 heteroatoms. The van der Waals surface area contributed by atoms with Gasteiger partial charge in [-0.15, -0.1) is 0 Å². The molecule has 0 spiro atoms. The number of carbonyl (C=O) groups is 2. The molecule has 2 aliphatic rings. The summed E-state index contributed by atoms with van der Waals surface area (Å²) in [5.74, 6) is -1.68. The zero-order valence-corrected chi connectivity index (χ0v) is 16.2. The van der Waals surface area contributed by atoms with Crippen molar-refractivity contribution >= 4 is 28.9 Å². The number of rotatable bonds is 4. The normalized spacial score (nSPS) is 22.6. The fourth-order valence-electron chi connectivity index (χ4n) is 4.21. The van der Waals surface area contributed by atoms with Gasteiger partial charge in [0, 0.05) is 12.1 Å². The Hall–Kier alpha value is -4.04. The molecule has 31 heavy (non-hydrogen) atoms. The van der Waals surface area contributed by atoms with Crippen LogP contribution < -0.4 is 9.96 Å². The molecule has 8 nitrogen and oxygen atoms in total. The van der Waals surface area contributed by atoms with Gasteiger partial charge in [-0.1, -0.05) is 48.5 Å². The topological polar surface area (TPSA) is 93.0 Å². The van der Waals surface area contributed by atoms with E-state index >= 15 is 0 Å². The molecule has 3 atom stereocenters. The number of para-hydroxylation sites is 2. The predicted molar refractivity (Wildman–Crippen MR) is 112 cm³/mol. The van der Waals surface area contributed by atoms with Gasteiger partial charge in [0.25, 0.3) is 11.6 Å². The second-order valence-corrected chi connectivity index (χ2v) is 7.36. The van der Waals surface area contributed by atoms with Crippen LogP contribution in [0.15, 0.2) is 84.9 Å². The van der Waals surface area contributed by atoms with E-state index in [0.717, 1.165) is 4.90 Å². The van der Waals surface area contributed by atoms with Crippen molar-refractivity contribution in [1.82, 2.24) is 0 Å². The van der Waals surface area contributed by atoms with E-state index in [9.17, 15) is 19.7 Å². The van der Waals surface area contributed by atoms with Crippen molar-refractivity contribution in [3.8, 4) is 0 Å². The van der Waals surface area contributed by atoms with Crippen LogP contribution in [0.4, 0.5) is 17.1 Å². The minimum absolute atomic E-state index is 0.0920.